The van der Waals surface area contributed by atoms with E-state index in [9.17, 15) is 0 Å². The van der Waals surface area contributed by atoms with E-state index in [0.717, 1.165) is 23.8 Å². The summed E-state index contributed by atoms with van der Waals surface area (Å²) in [7, 11) is 1.70. The SMILES string of the molecule is COc1cccc(-c2cnc(CNCCC3=CCCCC3)s2)c1. The quantitative estimate of drug-likeness (QED) is 0.585. The second-order valence-electron chi connectivity index (χ2n) is 5.89. The molecule has 1 N–H and O–H groups in total. The number of aromatic nitrogens is 1. The lowest BCUT2D eigenvalue weighted by molar-refractivity contribution is 0.415. The molecule has 0 saturated heterocycles. The molecule has 1 aromatic carbocycles. The van der Waals surface area contributed by atoms with Crippen LogP contribution in [0.4, 0.5) is 0 Å². The van der Waals surface area contributed by atoms with Crippen molar-refractivity contribution in [3.8, 4) is 16.2 Å². The Morgan fingerprint density at radius 3 is 3.09 bits per heavy atom. The molecule has 0 atom stereocenters. The molecule has 0 unspecified atom stereocenters. The van der Waals surface area contributed by atoms with E-state index in [2.05, 4.69) is 28.5 Å². The molecule has 0 fully saturated rings. The fraction of sp³-hybridized carbons (Fsp3) is 0.421. The molecule has 0 saturated carbocycles. The van der Waals surface area contributed by atoms with Gasteiger partial charge in [0.25, 0.3) is 0 Å². The highest BCUT2D eigenvalue weighted by Crippen LogP contribution is 2.28. The molecule has 0 bridgehead atoms. The maximum absolute atomic E-state index is 5.29. The predicted molar refractivity (Wildman–Crippen MR) is 97.0 cm³/mol. The first-order valence-electron chi connectivity index (χ1n) is 8.33. The summed E-state index contributed by atoms with van der Waals surface area (Å²) in [4.78, 5) is 5.72. The molecule has 0 aliphatic heterocycles. The highest BCUT2D eigenvalue weighted by atomic mass is 32.1. The lowest BCUT2D eigenvalue weighted by Gasteiger charge is -2.12. The molecule has 122 valence electrons. The van der Waals surface area contributed by atoms with Gasteiger partial charge in [-0.05, 0) is 56.3 Å². The Morgan fingerprint density at radius 1 is 1.30 bits per heavy atom. The molecule has 0 amide bonds. The van der Waals surface area contributed by atoms with Gasteiger partial charge in [-0.2, -0.15) is 0 Å². The van der Waals surface area contributed by atoms with Crippen molar-refractivity contribution in [3.05, 3.63) is 47.1 Å². The van der Waals surface area contributed by atoms with Gasteiger partial charge in [0.05, 0.1) is 12.0 Å². The zero-order valence-corrected chi connectivity index (χ0v) is 14.5. The third-order valence-corrected chi connectivity index (χ3v) is 5.24. The van der Waals surface area contributed by atoms with E-state index >= 15 is 0 Å². The van der Waals surface area contributed by atoms with E-state index in [1.165, 1.54) is 42.5 Å². The van der Waals surface area contributed by atoms with Gasteiger partial charge >= 0.3 is 0 Å². The average Bonchev–Trinajstić information content (AvgIpc) is 3.09. The van der Waals surface area contributed by atoms with Crippen LogP contribution in [0.1, 0.15) is 37.1 Å². The van der Waals surface area contributed by atoms with Crippen LogP contribution >= 0.6 is 11.3 Å². The Hall–Kier alpha value is -1.65. The van der Waals surface area contributed by atoms with Gasteiger partial charge in [0.2, 0.25) is 0 Å². The van der Waals surface area contributed by atoms with Crippen LogP contribution in [0.25, 0.3) is 10.4 Å². The van der Waals surface area contributed by atoms with E-state index in [4.69, 9.17) is 4.74 Å². The zero-order valence-electron chi connectivity index (χ0n) is 13.7. The van der Waals surface area contributed by atoms with Crippen molar-refractivity contribution >= 4 is 11.3 Å². The normalized spacial score (nSPS) is 14.6. The first-order chi connectivity index (χ1) is 11.3. The van der Waals surface area contributed by atoms with Gasteiger partial charge in [-0.15, -0.1) is 11.3 Å². The van der Waals surface area contributed by atoms with Crippen LogP contribution in [0.15, 0.2) is 42.1 Å². The number of benzene rings is 1. The number of rotatable bonds is 7. The number of methoxy groups -OCH3 is 1. The summed E-state index contributed by atoms with van der Waals surface area (Å²) in [5.41, 5.74) is 2.79. The zero-order chi connectivity index (χ0) is 15.9. The Kier molecular flexibility index (Phi) is 5.83. The summed E-state index contributed by atoms with van der Waals surface area (Å²) in [6.07, 6.45) is 10.8. The number of ether oxygens (including phenoxy) is 1. The van der Waals surface area contributed by atoms with Crippen LogP contribution in [0.2, 0.25) is 0 Å². The van der Waals surface area contributed by atoms with Crippen LogP contribution in [0, 0.1) is 0 Å². The van der Waals surface area contributed by atoms with Gasteiger partial charge in [0, 0.05) is 12.7 Å². The summed E-state index contributed by atoms with van der Waals surface area (Å²) >= 11 is 1.75. The molecule has 1 heterocycles. The number of allylic oxidation sites excluding steroid dienone is 1. The van der Waals surface area contributed by atoms with Gasteiger partial charge in [0.15, 0.2) is 0 Å². The van der Waals surface area contributed by atoms with Crippen molar-refractivity contribution in [2.24, 2.45) is 0 Å². The fourth-order valence-electron chi connectivity index (χ4n) is 2.88. The Labute approximate surface area is 142 Å². The van der Waals surface area contributed by atoms with Crippen LogP contribution in [0.5, 0.6) is 5.75 Å². The first-order valence-corrected chi connectivity index (χ1v) is 9.14. The topological polar surface area (TPSA) is 34.1 Å². The average molecular weight is 328 g/mol. The van der Waals surface area contributed by atoms with Gasteiger partial charge in [-0.3, -0.25) is 0 Å². The molecule has 1 aliphatic rings. The van der Waals surface area contributed by atoms with Gasteiger partial charge in [-0.1, -0.05) is 23.8 Å². The second-order valence-corrected chi connectivity index (χ2v) is 7.00. The van der Waals surface area contributed by atoms with Crippen LogP contribution in [0.3, 0.4) is 0 Å². The second kappa shape index (κ2) is 8.27. The van der Waals surface area contributed by atoms with Crippen molar-refractivity contribution < 1.29 is 4.74 Å². The van der Waals surface area contributed by atoms with E-state index in [-0.39, 0.29) is 0 Å². The number of nitrogens with zero attached hydrogens (tertiary/aromatic N) is 1. The summed E-state index contributed by atoms with van der Waals surface area (Å²) in [6, 6.07) is 8.14. The molecule has 2 aromatic rings. The number of thiazole rings is 1. The highest BCUT2D eigenvalue weighted by Gasteiger charge is 2.06. The minimum absolute atomic E-state index is 0.849. The Balaban J connectivity index is 1.50. The fourth-order valence-corrected chi connectivity index (χ4v) is 3.76. The lowest BCUT2D eigenvalue weighted by atomic mass is 9.97. The van der Waals surface area contributed by atoms with E-state index in [1.807, 2.05) is 18.3 Å². The largest absolute Gasteiger partial charge is 0.497 e. The number of nitrogens with one attached hydrogen (secondary N) is 1. The van der Waals surface area contributed by atoms with Gasteiger partial charge in [-0.25, -0.2) is 4.98 Å². The van der Waals surface area contributed by atoms with E-state index in [1.54, 1.807) is 24.0 Å². The molecule has 0 spiro atoms. The molecule has 0 radical (unpaired) electrons. The van der Waals surface area contributed by atoms with E-state index in [0.29, 0.717) is 0 Å². The summed E-state index contributed by atoms with van der Waals surface area (Å²) in [5, 5.41) is 4.66. The minimum Gasteiger partial charge on any atom is -0.497 e. The predicted octanol–water partition coefficient (Wildman–Crippen LogP) is 4.80. The van der Waals surface area contributed by atoms with Crippen molar-refractivity contribution in [2.75, 3.05) is 13.7 Å². The number of hydrogen-bond donors (Lipinski definition) is 1. The van der Waals surface area contributed by atoms with Crippen molar-refractivity contribution in [2.45, 2.75) is 38.6 Å². The van der Waals surface area contributed by atoms with Crippen LogP contribution < -0.4 is 10.1 Å². The molecule has 4 heteroatoms. The third kappa shape index (κ3) is 4.66. The molecular weight excluding hydrogens is 304 g/mol. The summed E-state index contributed by atoms with van der Waals surface area (Å²) < 4.78 is 5.29. The third-order valence-electron chi connectivity index (χ3n) is 4.19. The van der Waals surface area contributed by atoms with Crippen molar-refractivity contribution in [1.82, 2.24) is 10.3 Å². The van der Waals surface area contributed by atoms with Crippen LogP contribution in [-0.4, -0.2) is 18.6 Å². The monoisotopic (exact) mass is 328 g/mol. The standard InChI is InChI=1S/C19H24N2OS/c1-22-17-9-5-8-16(12-17)18-13-21-19(23-18)14-20-11-10-15-6-3-2-4-7-15/h5-6,8-9,12-13,20H,2-4,7,10-11,14H2,1H3. The molecule has 23 heavy (non-hydrogen) atoms. The van der Waals surface area contributed by atoms with Gasteiger partial charge in [0.1, 0.15) is 10.8 Å². The Bertz CT molecular complexity index is 663. The molecule has 1 aromatic heterocycles. The Morgan fingerprint density at radius 2 is 2.26 bits per heavy atom. The molecule has 1 aliphatic carbocycles. The van der Waals surface area contributed by atoms with Crippen LogP contribution in [-0.2, 0) is 6.54 Å². The first kappa shape index (κ1) is 16.2. The summed E-state index contributed by atoms with van der Waals surface area (Å²) in [6.45, 7) is 1.89. The maximum Gasteiger partial charge on any atom is 0.119 e. The maximum atomic E-state index is 5.29. The summed E-state index contributed by atoms with van der Waals surface area (Å²) in [5.74, 6) is 0.885. The highest BCUT2D eigenvalue weighted by molar-refractivity contribution is 7.15. The number of hydrogen-bond acceptors (Lipinski definition) is 4. The smallest absolute Gasteiger partial charge is 0.119 e. The minimum atomic E-state index is 0.849. The molecule has 3 rings (SSSR count). The molecule has 3 nitrogen and oxygen atoms in total. The molecular formula is C19H24N2OS. The van der Waals surface area contributed by atoms with Gasteiger partial charge < -0.3 is 10.1 Å². The van der Waals surface area contributed by atoms with Crippen molar-refractivity contribution in [1.29, 1.82) is 0 Å². The lowest BCUT2D eigenvalue weighted by Crippen LogP contribution is -2.15. The van der Waals surface area contributed by atoms with E-state index < -0.39 is 0 Å². The van der Waals surface area contributed by atoms with Crippen molar-refractivity contribution in [3.63, 3.8) is 0 Å².